The minimum Gasteiger partial charge on any atom is -0.507 e. The van der Waals surface area contributed by atoms with Crippen LogP contribution in [0.5, 0.6) is 17.2 Å². The Hall–Kier alpha value is -4.30. The Bertz CT molecular complexity index is 1380. The molecule has 0 aromatic heterocycles. The number of rotatable bonds is 14. The first-order valence-electron chi connectivity index (χ1n) is 14.5. The van der Waals surface area contributed by atoms with Crippen molar-refractivity contribution in [1.29, 1.82) is 0 Å². The first kappa shape index (κ1) is 30.7. The van der Waals surface area contributed by atoms with Crippen LogP contribution in [0.25, 0.3) is 5.76 Å². The Morgan fingerprint density at radius 3 is 2.26 bits per heavy atom. The van der Waals surface area contributed by atoms with Crippen molar-refractivity contribution in [2.45, 2.75) is 39.8 Å². The minimum absolute atomic E-state index is 0.0433. The first-order chi connectivity index (χ1) is 20.4. The number of benzene rings is 3. The number of ketones is 1. The fourth-order valence-electron chi connectivity index (χ4n) is 5.04. The summed E-state index contributed by atoms with van der Waals surface area (Å²) in [7, 11) is 1.55. The predicted molar refractivity (Wildman–Crippen MR) is 163 cm³/mol. The van der Waals surface area contributed by atoms with Crippen molar-refractivity contribution in [3.05, 3.63) is 95.1 Å². The molecule has 1 saturated heterocycles. The van der Waals surface area contributed by atoms with Crippen LogP contribution in [-0.4, -0.2) is 66.5 Å². The molecule has 8 heteroatoms. The molecule has 0 bridgehead atoms. The van der Waals surface area contributed by atoms with E-state index in [1.165, 1.54) is 0 Å². The van der Waals surface area contributed by atoms with E-state index in [0.29, 0.717) is 54.7 Å². The third-order valence-corrected chi connectivity index (χ3v) is 7.43. The van der Waals surface area contributed by atoms with E-state index < -0.39 is 17.7 Å². The molecule has 0 radical (unpaired) electrons. The van der Waals surface area contributed by atoms with Crippen LogP contribution in [0.4, 0.5) is 0 Å². The second-order valence-corrected chi connectivity index (χ2v) is 10.1. The highest BCUT2D eigenvalue weighted by molar-refractivity contribution is 6.46. The fourth-order valence-corrected chi connectivity index (χ4v) is 5.04. The van der Waals surface area contributed by atoms with E-state index in [4.69, 9.17) is 14.2 Å². The maximum absolute atomic E-state index is 13.5. The molecule has 4 rings (SSSR count). The third kappa shape index (κ3) is 6.94. The van der Waals surface area contributed by atoms with Gasteiger partial charge in [0.15, 0.2) is 11.5 Å². The topological polar surface area (TPSA) is 88.5 Å². The molecule has 1 aliphatic rings. The number of likely N-dealkylation sites (tertiary alicyclic amines) is 1. The van der Waals surface area contributed by atoms with Crippen LogP contribution in [0.2, 0.25) is 0 Å². The van der Waals surface area contributed by atoms with Gasteiger partial charge in [-0.1, -0.05) is 57.2 Å². The first-order valence-corrected chi connectivity index (χ1v) is 14.5. The summed E-state index contributed by atoms with van der Waals surface area (Å²) in [6, 6.07) is 21.3. The quantitative estimate of drug-likeness (QED) is 0.148. The van der Waals surface area contributed by atoms with Gasteiger partial charge >= 0.3 is 0 Å². The van der Waals surface area contributed by atoms with E-state index in [2.05, 4.69) is 18.7 Å². The molecule has 1 atom stereocenters. The molecule has 1 amide bonds. The average Bonchev–Trinajstić information content (AvgIpc) is 3.28. The summed E-state index contributed by atoms with van der Waals surface area (Å²) in [4.78, 5) is 30.6. The van der Waals surface area contributed by atoms with Gasteiger partial charge in [0, 0.05) is 18.7 Å². The second kappa shape index (κ2) is 14.5. The van der Waals surface area contributed by atoms with Gasteiger partial charge in [-0.05, 0) is 67.0 Å². The van der Waals surface area contributed by atoms with E-state index in [-0.39, 0.29) is 11.3 Å². The van der Waals surface area contributed by atoms with Crippen LogP contribution in [0.3, 0.4) is 0 Å². The van der Waals surface area contributed by atoms with Crippen LogP contribution in [0, 0.1) is 0 Å². The van der Waals surface area contributed by atoms with Gasteiger partial charge in [0.1, 0.15) is 18.1 Å². The van der Waals surface area contributed by atoms with Crippen molar-refractivity contribution < 1.29 is 28.9 Å². The molecule has 0 spiro atoms. The van der Waals surface area contributed by atoms with E-state index in [9.17, 15) is 14.7 Å². The van der Waals surface area contributed by atoms with Gasteiger partial charge in [-0.25, -0.2) is 0 Å². The molecular weight excluding hydrogens is 532 g/mol. The number of hydrogen-bond donors (Lipinski definition) is 1. The summed E-state index contributed by atoms with van der Waals surface area (Å²) >= 11 is 0. The van der Waals surface area contributed by atoms with Crippen LogP contribution in [0.15, 0.2) is 78.4 Å². The number of carbonyl (C=O) groups is 2. The van der Waals surface area contributed by atoms with Crippen molar-refractivity contribution in [1.82, 2.24) is 9.80 Å². The monoisotopic (exact) mass is 572 g/mol. The fraction of sp³-hybridized carbons (Fsp3) is 0.353. The lowest BCUT2D eigenvalue weighted by molar-refractivity contribution is -0.140. The molecule has 222 valence electrons. The normalized spacial score (nSPS) is 16.2. The zero-order chi connectivity index (χ0) is 30.1. The minimum atomic E-state index is -0.798. The van der Waals surface area contributed by atoms with Crippen LogP contribution in [0.1, 0.15) is 49.9 Å². The molecule has 0 aliphatic carbocycles. The molecule has 1 aliphatic heterocycles. The lowest BCUT2D eigenvalue weighted by Crippen LogP contribution is -2.38. The molecule has 42 heavy (non-hydrogen) atoms. The molecule has 1 unspecified atom stereocenters. The van der Waals surface area contributed by atoms with Gasteiger partial charge in [0.05, 0.1) is 25.3 Å². The number of likely N-dealkylation sites (N-methyl/N-ethyl adjacent to an activating group) is 1. The molecule has 3 aromatic carbocycles. The third-order valence-electron chi connectivity index (χ3n) is 7.43. The Kier molecular flexibility index (Phi) is 10.6. The molecule has 8 nitrogen and oxygen atoms in total. The zero-order valence-corrected chi connectivity index (χ0v) is 24.8. The number of methoxy groups -OCH3 is 1. The Balaban J connectivity index is 1.73. The Labute approximate surface area is 248 Å². The van der Waals surface area contributed by atoms with Crippen molar-refractivity contribution in [2.24, 2.45) is 0 Å². The molecule has 1 N–H and O–H groups in total. The highest BCUT2D eigenvalue weighted by Crippen LogP contribution is 2.42. The standard InChI is InChI=1S/C34H40N2O6/c1-5-21-41-27-16-13-25(14-17-27)32(37)30-31(36(34(39)33(30)38)20-19-35(6-2)7-3)26-15-18-28(29(22-26)40-4)42-23-24-11-9-8-10-12-24/h8-18,22,31,37H,5-7,19-21,23H2,1-4H3/b32-30+. The van der Waals surface area contributed by atoms with Crippen molar-refractivity contribution in [2.75, 3.05) is 39.9 Å². The maximum atomic E-state index is 13.5. The number of aliphatic hydroxyl groups excluding tert-OH is 1. The molecule has 1 heterocycles. The number of hydrogen-bond acceptors (Lipinski definition) is 7. The number of aliphatic hydroxyl groups is 1. The van der Waals surface area contributed by atoms with Crippen LogP contribution in [-0.2, 0) is 16.2 Å². The second-order valence-electron chi connectivity index (χ2n) is 10.1. The summed E-state index contributed by atoms with van der Waals surface area (Å²) in [5.41, 5.74) is 2.13. The summed E-state index contributed by atoms with van der Waals surface area (Å²) < 4.78 is 17.4. The van der Waals surface area contributed by atoms with Gasteiger partial charge in [0.25, 0.3) is 11.7 Å². The Morgan fingerprint density at radius 2 is 1.62 bits per heavy atom. The zero-order valence-electron chi connectivity index (χ0n) is 24.8. The largest absolute Gasteiger partial charge is 0.507 e. The molecule has 1 fully saturated rings. The summed E-state index contributed by atoms with van der Waals surface area (Å²) in [5, 5.41) is 11.5. The van der Waals surface area contributed by atoms with E-state index >= 15 is 0 Å². The molecule has 0 saturated carbocycles. The highest BCUT2D eigenvalue weighted by atomic mass is 16.5. The number of nitrogens with zero attached hydrogens (tertiary/aromatic N) is 2. The molecular formula is C34H40N2O6. The van der Waals surface area contributed by atoms with Gasteiger partial charge in [-0.2, -0.15) is 0 Å². The van der Waals surface area contributed by atoms with E-state index in [1.54, 1.807) is 48.4 Å². The average molecular weight is 573 g/mol. The van der Waals surface area contributed by atoms with Crippen LogP contribution < -0.4 is 14.2 Å². The predicted octanol–water partition coefficient (Wildman–Crippen LogP) is 5.83. The van der Waals surface area contributed by atoms with Gasteiger partial charge in [0.2, 0.25) is 0 Å². The summed E-state index contributed by atoms with van der Waals surface area (Å²) in [6.45, 7) is 9.63. The lowest BCUT2D eigenvalue weighted by atomic mass is 9.95. The smallest absolute Gasteiger partial charge is 0.295 e. The summed E-state index contributed by atoms with van der Waals surface area (Å²) in [5.74, 6) is 0.0873. The van der Waals surface area contributed by atoms with Gasteiger partial charge in [-0.15, -0.1) is 0 Å². The number of Topliss-reactive ketones (excluding diaryl/α,β-unsaturated/α-hetero) is 1. The number of ether oxygens (including phenoxy) is 3. The highest BCUT2D eigenvalue weighted by Gasteiger charge is 2.46. The number of carbonyl (C=O) groups excluding carboxylic acids is 2. The number of amides is 1. The van der Waals surface area contributed by atoms with Crippen molar-refractivity contribution in [3.63, 3.8) is 0 Å². The SMILES string of the molecule is CCCOc1ccc(/C(O)=C2\C(=O)C(=O)N(CCN(CC)CC)C2c2ccc(OCc3ccccc3)c(OC)c2)cc1. The van der Waals surface area contributed by atoms with Crippen molar-refractivity contribution in [3.8, 4) is 17.2 Å². The van der Waals surface area contributed by atoms with E-state index in [1.807, 2.05) is 43.3 Å². The maximum Gasteiger partial charge on any atom is 0.295 e. The van der Waals surface area contributed by atoms with E-state index in [0.717, 1.165) is 25.1 Å². The van der Waals surface area contributed by atoms with Gasteiger partial charge < -0.3 is 29.1 Å². The van der Waals surface area contributed by atoms with Gasteiger partial charge in [-0.3, -0.25) is 9.59 Å². The van der Waals surface area contributed by atoms with Crippen LogP contribution >= 0.6 is 0 Å². The molecule has 3 aromatic rings. The Morgan fingerprint density at radius 1 is 0.905 bits per heavy atom. The summed E-state index contributed by atoms with van der Waals surface area (Å²) in [6.07, 6.45) is 0.873. The lowest BCUT2D eigenvalue weighted by Gasteiger charge is -2.28. The van der Waals surface area contributed by atoms with Crippen molar-refractivity contribution >= 4 is 17.4 Å².